The molecule has 4 atom stereocenters. The Morgan fingerprint density at radius 2 is 1.62 bits per heavy atom. The second-order valence-corrected chi connectivity index (χ2v) is 14.5. The Kier molecular flexibility index (Phi) is 11.8. The predicted molar refractivity (Wildman–Crippen MR) is 182 cm³/mol. The van der Waals surface area contributed by atoms with E-state index in [-0.39, 0.29) is 24.3 Å². The highest BCUT2D eigenvalue weighted by atomic mass is 35.5. The van der Waals surface area contributed by atoms with Crippen LogP contribution in [0, 0.1) is 11.8 Å². The van der Waals surface area contributed by atoms with Crippen molar-refractivity contribution in [3.63, 3.8) is 0 Å². The molecule has 2 aromatic carbocycles. The summed E-state index contributed by atoms with van der Waals surface area (Å²) in [4.78, 5) is 66.4. The molecule has 1 saturated heterocycles. The molecule has 0 spiro atoms. The second-order valence-electron chi connectivity index (χ2n) is 14.1. The van der Waals surface area contributed by atoms with E-state index in [2.05, 4.69) is 21.3 Å². The molecule has 0 bridgehead atoms. The molecule has 0 radical (unpaired) electrons. The zero-order valence-corrected chi connectivity index (χ0v) is 28.5. The Labute approximate surface area is 287 Å². The molecule has 10 nitrogen and oxygen atoms in total. The molecule has 1 heterocycles. The fourth-order valence-electron chi connectivity index (χ4n) is 6.87. The first-order chi connectivity index (χ1) is 23.0. The summed E-state index contributed by atoms with van der Waals surface area (Å²) < 4.78 is 6.17. The fraction of sp³-hybridized carbons (Fsp3) is 0.541. The van der Waals surface area contributed by atoms with Crippen LogP contribution in [0.2, 0.25) is 5.02 Å². The van der Waals surface area contributed by atoms with Gasteiger partial charge >= 0.3 is 6.09 Å². The Morgan fingerprint density at radius 3 is 2.27 bits per heavy atom. The van der Waals surface area contributed by atoms with Crippen molar-refractivity contribution in [1.29, 1.82) is 0 Å². The molecule has 5 rings (SSSR count). The summed E-state index contributed by atoms with van der Waals surface area (Å²) in [6.07, 6.45) is 5.97. The van der Waals surface area contributed by atoms with Gasteiger partial charge in [0.1, 0.15) is 12.1 Å². The number of rotatable bonds is 14. The van der Waals surface area contributed by atoms with Crippen LogP contribution < -0.4 is 21.3 Å². The van der Waals surface area contributed by atoms with Gasteiger partial charge in [0.05, 0.1) is 6.04 Å². The van der Waals surface area contributed by atoms with Crippen LogP contribution in [0.3, 0.4) is 0 Å². The summed E-state index contributed by atoms with van der Waals surface area (Å²) >= 11 is 6.34. The number of alkyl carbamates (subject to hydrolysis) is 1. The third kappa shape index (κ3) is 9.36. The van der Waals surface area contributed by atoms with E-state index in [0.717, 1.165) is 56.1 Å². The Balaban J connectivity index is 1.36. The largest absolute Gasteiger partial charge is 0.440 e. The number of ether oxygens (including phenoxy) is 1. The highest BCUT2D eigenvalue weighted by molar-refractivity contribution is 6.38. The lowest BCUT2D eigenvalue weighted by atomic mass is 9.76. The van der Waals surface area contributed by atoms with Gasteiger partial charge in [-0.3, -0.25) is 19.2 Å². The molecule has 3 fully saturated rings. The van der Waals surface area contributed by atoms with Crippen molar-refractivity contribution < 1.29 is 28.7 Å². The smallest absolute Gasteiger partial charge is 0.408 e. The summed E-state index contributed by atoms with van der Waals surface area (Å²) in [6, 6.07) is 14.5. The number of benzene rings is 2. The van der Waals surface area contributed by atoms with Gasteiger partial charge in [-0.25, -0.2) is 4.79 Å². The molecule has 2 saturated carbocycles. The molecule has 3 unspecified atom stereocenters. The van der Waals surface area contributed by atoms with Gasteiger partial charge in [-0.15, -0.1) is 0 Å². The number of nitrogens with one attached hydrogen (secondary N) is 4. The van der Waals surface area contributed by atoms with E-state index >= 15 is 0 Å². The molecule has 1 aliphatic heterocycles. The highest BCUT2D eigenvalue weighted by Gasteiger charge is 2.39. The summed E-state index contributed by atoms with van der Waals surface area (Å²) in [5.74, 6) is -2.68. The van der Waals surface area contributed by atoms with E-state index < -0.39 is 53.2 Å². The lowest BCUT2D eigenvalue weighted by molar-refractivity contribution is -0.141. The minimum atomic E-state index is -1.21. The predicted octanol–water partition coefficient (Wildman–Crippen LogP) is 5.28. The van der Waals surface area contributed by atoms with Gasteiger partial charge in [0, 0.05) is 28.9 Å². The number of hydrogen-bond acceptors (Lipinski definition) is 6. The zero-order chi connectivity index (χ0) is 34.3. The van der Waals surface area contributed by atoms with Gasteiger partial charge in [0.15, 0.2) is 0 Å². The van der Waals surface area contributed by atoms with E-state index in [1.54, 1.807) is 6.07 Å². The van der Waals surface area contributed by atoms with Gasteiger partial charge in [0.25, 0.3) is 5.91 Å². The van der Waals surface area contributed by atoms with Crippen LogP contribution in [0.1, 0.15) is 95.3 Å². The summed E-state index contributed by atoms with van der Waals surface area (Å²) in [5, 5.41) is 11.6. The Morgan fingerprint density at radius 1 is 0.896 bits per heavy atom. The number of carbonyl (C=O) groups is 5. The van der Waals surface area contributed by atoms with Gasteiger partial charge in [0.2, 0.25) is 17.6 Å². The summed E-state index contributed by atoms with van der Waals surface area (Å²) in [5.41, 5.74) is 0.932. The molecule has 2 aliphatic carbocycles. The Bertz CT molecular complexity index is 1470. The SMILES string of the molecule is CC(C)(c1cccc(Cl)c1)C(OC(=O)NC(CC1CCCCC1)C(=O)NC(C[C@@H]1CCNC1=O)C(=O)C(=O)NC1CC1)c1ccccc1. The van der Waals surface area contributed by atoms with Crippen LogP contribution in [-0.2, 0) is 29.3 Å². The van der Waals surface area contributed by atoms with E-state index in [0.29, 0.717) is 24.4 Å². The van der Waals surface area contributed by atoms with Gasteiger partial charge in [-0.1, -0.05) is 100 Å². The molecule has 4 N–H and O–H groups in total. The normalized spacial score (nSPS) is 20.1. The quantitative estimate of drug-likeness (QED) is 0.200. The van der Waals surface area contributed by atoms with E-state index in [4.69, 9.17) is 16.3 Å². The van der Waals surface area contributed by atoms with E-state index in [9.17, 15) is 24.0 Å². The first-order valence-electron chi connectivity index (χ1n) is 17.2. The lowest BCUT2D eigenvalue weighted by Crippen LogP contribution is -2.55. The lowest BCUT2D eigenvalue weighted by Gasteiger charge is -2.35. The molecule has 2 aromatic rings. The maximum absolute atomic E-state index is 14.0. The second kappa shape index (κ2) is 16.0. The van der Waals surface area contributed by atoms with Crippen LogP contribution in [-0.4, -0.2) is 54.3 Å². The average molecular weight is 679 g/mol. The summed E-state index contributed by atoms with van der Waals surface area (Å²) in [7, 11) is 0. The molecule has 4 amide bonds. The summed E-state index contributed by atoms with van der Waals surface area (Å²) in [6.45, 7) is 4.41. The first kappa shape index (κ1) is 35.4. The number of Topliss-reactive ketones (excluding diaryl/α,β-unsaturated/α-hetero) is 1. The highest BCUT2D eigenvalue weighted by Crippen LogP contribution is 2.40. The topological polar surface area (TPSA) is 143 Å². The number of hydrogen-bond donors (Lipinski definition) is 4. The molecule has 258 valence electrons. The van der Waals surface area contributed by atoms with Crippen LogP contribution in [0.15, 0.2) is 54.6 Å². The van der Waals surface area contributed by atoms with Crippen LogP contribution in [0.25, 0.3) is 0 Å². The van der Waals surface area contributed by atoms with Crippen molar-refractivity contribution in [1.82, 2.24) is 21.3 Å². The molecular formula is C37H47ClN4O6. The molecule has 11 heteroatoms. The third-order valence-electron chi connectivity index (χ3n) is 9.91. The van der Waals surface area contributed by atoms with Crippen LogP contribution >= 0.6 is 11.6 Å². The van der Waals surface area contributed by atoms with Gasteiger partial charge < -0.3 is 26.0 Å². The van der Waals surface area contributed by atoms with E-state index in [1.165, 1.54) is 0 Å². The van der Waals surface area contributed by atoms with E-state index in [1.807, 2.05) is 62.4 Å². The molecular weight excluding hydrogens is 632 g/mol. The third-order valence-corrected chi connectivity index (χ3v) is 10.1. The zero-order valence-electron chi connectivity index (χ0n) is 27.8. The maximum Gasteiger partial charge on any atom is 0.408 e. The van der Waals surface area contributed by atoms with Crippen molar-refractivity contribution in [3.05, 3.63) is 70.7 Å². The fourth-order valence-corrected chi connectivity index (χ4v) is 7.06. The maximum atomic E-state index is 14.0. The standard InChI is InChI=1S/C37H47ClN4O6/c1-37(2,26-14-9-15-27(38)22-26)32(24-12-7-4-8-13-24)48-36(47)42-30(20-23-10-5-3-6-11-23)34(45)41-29(21-25-18-19-39-33(25)44)31(43)35(46)40-28-16-17-28/h4,7-9,12-15,22-23,25,28-30,32H,3,5-6,10-11,16-21H2,1-2H3,(H,39,44)(H,40,46)(H,41,45)(H,42,47)/t25-,29?,30?,32?/m0/s1. The van der Waals surface area contributed by atoms with Crippen molar-refractivity contribution in [3.8, 4) is 0 Å². The van der Waals surface area contributed by atoms with Crippen molar-refractivity contribution in [2.24, 2.45) is 11.8 Å². The number of amides is 4. The molecule has 3 aliphatic rings. The van der Waals surface area contributed by atoms with Crippen molar-refractivity contribution >= 4 is 41.2 Å². The number of carbonyl (C=O) groups excluding carboxylic acids is 5. The Hall–Kier alpha value is -3.92. The molecule has 48 heavy (non-hydrogen) atoms. The monoisotopic (exact) mass is 678 g/mol. The van der Waals surface area contributed by atoms with Crippen molar-refractivity contribution in [2.75, 3.05) is 6.54 Å². The molecule has 0 aromatic heterocycles. The van der Waals surface area contributed by atoms with Gasteiger partial charge in [-0.05, 0) is 61.3 Å². The van der Waals surface area contributed by atoms with Crippen LogP contribution in [0.4, 0.5) is 4.79 Å². The van der Waals surface area contributed by atoms with Crippen LogP contribution in [0.5, 0.6) is 0 Å². The number of halogens is 1. The average Bonchev–Trinajstić information content (AvgIpc) is 3.81. The van der Waals surface area contributed by atoms with Gasteiger partial charge in [-0.2, -0.15) is 0 Å². The number of ketones is 1. The minimum Gasteiger partial charge on any atom is -0.440 e. The minimum absolute atomic E-state index is 0.000998. The van der Waals surface area contributed by atoms with Crippen molar-refractivity contribution in [2.45, 2.75) is 108 Å². The first-order valence-corrected chi connectivity index (χ1v) is 17.6.